The zero-order chi connectivity index (χ0) is 19.1. The molecule has 2 aliphatic heterocycles. The predicted octanol–water partition coefficient (Wildman–Crippen LogP) is 0.178. The van der Waals surface area contributed by atoms with Gasteiger partial charge < -0.3 is 10.6 Å². The Morgan fingerprint density at radius 1 is 1.31 bits per heavy atom. The molecule has 2 atom stereocenters. The maximum absolute atomic E-state index is 12.1. The molecular formula is C17H26N5O3S. The van der Waals surface area contributed by atoms with Gasteiger partial charge in [-0.05, 0) is 30.9 Å². The number of piperidine rings is 1. The number of carbonyl (C=O) groups is 1. The molecule has 26 heavy (non-hydrogen) atoms. The fourth-order valence-electron chi connectivity index (χ4n) is 3.72. The molecule has 2 N–H and O–H groups in total. The highest BCUT2D eigenvalue weighted by Crippen LogP contribution is 2.29. The van der Waals surface area contributed by atoms with Crippen LogP contribution >= 0.6 is 0 Å². The zero-order valence-electron chi connectivity index (χ0n) is 15.4. The molecule has 0 aliphatic carbocycles. The van der Waals surface area contributed by atoms with Gasteiger partial charge in [0.2, 0.25) is 5.91 Å². The van der Waals surface area contributed by atoms with Crippen molar-refractivity contribution in [2.75, 3.05) is 38.6 Å². The number of hydrogen-bond acceptors (Lipinski definition) is 5. The van der Waals surface area contributed by atoms with Crippen molar-refractivity contribution < 1.29 is 13.2 Å². The van der Waals surface area contributed by atoms with Crippen LogP contribution in [0, 0.1) is 12.0 Å². The molecule has 0 aromatic carbocycles. The SMILES string of the molecule is CC1CCN(c2[c]ccc(C3CN(C)S(=O)(=O)N(C)C3)n2)C(C(N)=O)C1. The molecule has 143 valence electrons. The molecule has 0 bridgehead atoms. The van der Waals surface area contributed by atoms with Crippen molar-refractivity contribution in [3.05, 3.63) is 23.9 Å². The Kier molecular flexibility index (Phi) is 5.23. The quantitative estimate of drug-likeness (QED) is 0.806. The number of pyridine rings is 1. The minimum atomic E-state index is -3.38. The van der Waals surface area contributed by atoms with Crippen LogP contribution in [0.5, 0.6) is 0 Å². The highest BCUT2D eigenvalue weighted by atomic mass is 32.2. The molecule has 2 unspecified atom stereocenters. The Labute approximate surface area is 155 Å². The minimum Gasteiger partial charge on any atom is -0.368 e. The predicted molar refractivity (Wildman–Crippen MR) is 98.7 cm³/mol. The van der Waals surface area contributed by atoms with Gasteiger partial charge in [-0.2, -0.15) is 17.0 Å². The summed E-state index contributed by atoms with van der Waals surface area (Å²) in [4.78, 5) is 18.5. The number of amides is 1. The highest BCUT2D eigenvalue weighted by molar-refractivity contribution is 7.86. The maximum Gasteiger partial charge on any atom is 0.281 e. The topological polar surface area (TPSA) is 99.8 Å². The number of primary amides is 1. The van der Waals surface area contributed by atoms with Crippen molar-refractivity contribution in [1.29, 1.82) is 0 Å². The smallest absolute Gasteiger partial charge is 0.281 e. The van der Waals surface area contributed by atoms with Gasteiger partial charge in [0.15, 0.2) is 0 Å². The van der Waals surface area contributed by atoms with Crippen molar-refractivity contribution in [3.8, 4) is 0 Å². The summed E-state index contributed by atoms with van der Waals surface area (Å²) in [6, 6.07) is 6.39. The largest absolute Gasteiger partial charge is 0.368 e. The summed E-state index contributed by atoms with van der Waals surface area (Å²) < 4.78 is 26.9. The van der Waals surface area contributed by atoms with Gasteiger partial charge in [-0.3, -0.25) is 4.79 Å². The van der Waals surface area contributed by atoms with Crippen LogP contribution in [-0.4, -0.2) is 67.7 Å². The second-order valence-corrected chi connectivity index (χ2v) is 9.49. The van der Waals surface area contributed by atoms with E-state index in [0.29, 0.717) is 37.8 Å². The number of hydrogen-bond donors (Lipinski definition) is 1. The van der Waals surface area contributed by atoms with E-state index >= 15 is 0 Å². The first-order valence-electron chi connectivity index (χ1n) is 8.82. The van der Waals surface area contributed by atoms with Crippen molar-refractivity contribution in [1.82, 2.24) is 13.6 Å². The molecule has 0 spiro atoms. The second kappa shape index (κ2) is 7.13. The number of carbonyl (C=O) groups excluding carboxylic acids is 1. The van der Waals surface area contributed by atoms with Crippen molar-refractivity contribution in [2.24, 2.45) is 11.7 Å². The Morgan fingerprint density at radius 2 is 1.96 bits per heavy atom. The lowest BCUT2D eigenvalue weighted by Gasteiger charge is -2.38. The van der Waals surface area contributed by atoms with Crippen LogP contribution in [0.4, 0.5) is 5.82 Å². The van der Waals surface area contributed by atoms with Gasteiger partial charge in [0, 0.05) is 51.4 Å². The molecule has 1 amide bonds. The van der Waals surface area contributed by atoms with Gasteiger partial charge in [-0.15, -0.1) is 0 Å². The highest BCUT2D eigenvalue weighted by Gasteiger charge is 2.36. The maximum atomic E-state index is 12.1. The Balaban J connectivity index is 1.86. The van der Waals surface area contributed by atoms with Gasteiger partial charge in [-0.25, -0.2) is 4.98 Å². The van der Waals surface area contributed by atoms with Gasteiger partial charge in [0.05, 0.1) is 0 Å². The lowest BCUT2D eigenvalue weighted by Crippen LogP contribution is -2.50. The van der Waals surface area contributed by atoms with Gasteiger partial charge >= 0.3 is 0 Å². The average Bonchev–Trinajstić information content (AvgIpc) is 2.59. The Hall–Kier alpha value is -1.71. The Morgan fingerprint density at radius 3 is 2.58 bits per heavy atom. The summed E-state index contributed by atoms with van der Waals surface area (Å²) in [7, 11) is -0.233. The van der Waals surface area contributed by atoms with Crippen molar-refractivity contribution in [2.45, 2.75) is 31.7 Å². The van der Waals surface area contributed by atoms with Crippen LogP contribution in [0.25, 0.3) is 0 Å². The number of nitrogens with two attached hydrogens (primary N) is 1. The summed E-state index contributed by atoms with van der Waals surface area (Å²) in [6.45, 7) is 3.58. The third kappa shape index (κ3) is 3.56. The lowest BCUT2D eigenvalue weighted by atomic mass is 9.92. The van der Waals surface area contributed by atoms with E-state index in [1.807, 2.05) is 11.0 Å². The van der Waals surface area contributed by atoms with Crippen LogP contribution < -0.4 is 10.6 Å². The van der Waals surface area contributed by atoms with Crippen molar-refractivity contribution >= 4 is 21.9 Å². The van der Waals surface area contributed by atoms with E-state index in [0.717, 1.165) is 12.1 Å². The van der Waals surface area contributed by atoms with Crippen LogP contribution in [-0.2, 0) is 15.0 Å². The summed E-state index contributed by atoms with van der Waals surface area (Å²) in [5, 5.41) is 0. The molecule has 2 fully saturated rings. The van der Waals surface area contributed by atoms with E-state index < -0.39 is 10.2 Å². The van der Waals surface area contributed by atoms with Crippen LogP contribution in [0.15, 0.2) is 12.1 Å². The van der Waals surface area contributed by atoms with Gasteiger partial charge in [0.25, 0.3) is 10.2 Å². The van der Waals surface area contributed by atoms with E-state index in [9.17, 15) is 13.2 Å². The summed E-state index contributed by atoms with van der Waals surface area (Å²) >= 11 is 0. The first-order chi connectivity index (χ1) is 12.2. The van der Waals surface area contributed by atoms with E-state index in [1.54, 1.807) is 20.2 Å². The van der Waals surface area contributed by atoms with Crippen LogP contribution in [0.3, 0.4) is 0 Å². The third-order valence-corrected chi connectivity index (χ3v) is 7.20. The minimum absolute atomic E-state index is 0.0439. The van der Waals surface area contributed by atoms with E-state index in [1.165, 1.54) is 8.61 Å². The molecule has 3 heterocycles. The molecule has 1 radical (unpaired) electrons. The normalized spacial score (nSPS) is 28.2. The molecule has 1 aromatic rings. The fraction of sp³-hybridized carbons (Fsp3) is 0.647. The molecule has 0 saturated carbocycles. The summed E-state index contributed by atoms with van der Waals surface area (Å²) in [5.74, 6) is 0.660. The number of nitrogens with zero attached hydrogens (tertiary/aromatic N) is 4. The molecule has 9 heteroatoms. The zero-order valence-corrected chi connectivity index (χ0v) is 16.2. The van der Waals surface area contributed by atoms with Crippen LogP contribution in [0.2, 0.25) is 0 Å². The van der Waals surface area contributed by atoms with Crippen LogP contribution in [0.1, 0.15) is 31.4 Å². The average molecular weight is 380 g/mol. The molecule has 1 aromatic heterocycles. The second-order valence-electron chi connectivity index (χ2n) is 7.34. The lowest BCUT2D eigenvalue weighted by molar-refractivity contribution is -0.120. The van der Waals surface area contributed by atoms with E-state index in [2.05, 4.69) is 13.0 Å². The molecule has 2 saturated heterocycles. The molecule has 8 nitrogen and oxygen atoms in total. The molecule has 2 aliphatic rings. The fourth-order valence-corrected chi connectivity index (χ4v) is 4.94. The molecular weight excluding hydrogens is 354 g/mol. The summed E-state index contributed by atoms with van der Waals surface area (Å²) in [5.41, 5.74) is 6.40. The standard InChI is InChI=1S/C17H26N5O3S/c1-12-7-8-22(15(9-12)17(18)23)16-6-4-5-14(19-16)13-10-20(2)26(24,25)21(3)11-13/h4-5,12-13,15H,7-11H2,1-3H3,(H2,18,23). The van der Waals surface area contributed by atoms with Gasteiger partial charge in [-0.1, -0.05) is 6.92 Å². The van der Waals surface area contributed by atoms with E-state index in [-0.39, 0.29) is 17.9 Å². The number of anilines is 1. The monoisotopic (exact) mass is 380 g/mol. The van der Waals surface area contributed by atoms with E-state index in [4.69, 9.17) is 10.7 Å². The van der Waals surface area contributed by atoms with Crippen molar-refractivity contribution in [3.63, 3.8) is 0 Å². The first kappa shape index (κ1) is 19.1. The first-order valence-corrected chi connectivity index (χ1v) is 10.2. The third-order valence-electron chi connectivity index (χ3n) is 5.33. The summed E-state index contributed by atoms with van der Waals surface area (Å²) in [6.07, 6.45) is 1.68. The number of likely N-dealkylation sites (N-methyl/N-ethyl adjacent to an activating group) is 2. The number of rotatable bonds is 3. The number of aromatic nitrogens is 1. The Bertz CT molecular complexity index is 766. The molecule has 3 rings (SSSR count). The van der Waals surface area contributed by atoms with Gasteiger partial charge in [0.1, 0.15) is 11.9 Å².